The first-order chi connectivity index (χ1) is 5.09. The molecule has 0 saturated heterocycles. The average molecular weight is 153 g/mol. The number of aliphatic imine (C=N–C) groups is 1. The average Bonchev–Trinajstić information content (AvgIpc) is 1.98. The maximum atomic E-state index is 4.32. The van der Waals surface area contributed by atoms with Gasteiger partial charge in [0.1, 0.15) is 0 Å². The van der Waals surface area contributed by atoms with Crippen LogP contribution in [0.3, 0.4) is 0 Å². The second kappa shape index (κ2) is 5.11. The molecule has 0 aliphatic heterocycles. The molecule has 0 fully saturated rings. The largest absolute Gasteiger partial charge is 0.266 e. The summed E-state index contributed by atoms with van der Waals surface area (Å²) < 4.78 is 0. The number of allylic oxidation sites excluding steroid dienone is 2. The van der Waals surface area contributed by atoms with Gasteiger partial charge in [0, 0.05) is 11.9 Å². The van der Waals surface area contributed by atoms with Crippen molar-refractivity contribution in [1.82, 2.24) is 0 Å². The minimum Gasteiger partial charge on any atom is -0.266 e. The molecule has 0 bridgehead atoms. The molecule has 0 atom stereocenters. The number of hydrogen-bond donors (Lipinski definition) is 0. The molecule has 0 aromatic heterocycles. The van der Waals surface area contributed by atoms with E-state index in [-0.39, 0.29) is 0 Å². The van der Waals surface area contributed by atoms with Gasteiger partial charge in [0.25, 0.3) is 0 Å². The fraction of sp³-hybridized carbons (Fsp3) is 0.700. The van der Waals surface area contributed by atoms with Crippen LogP contribution in [0.1, 0.15) is 41.0 Å². The van der Waals surface area contributed by atoms with Crippen LogP contribution >= 0.6 is 0 Å². The molecular formula is C10H19N. The highest BCUT2D eigenvalue weighted by atomic mass is 14.7. The Hall–Kier alpha value is -0.590. The second-order valence-corrected chi connectivity index (χ2v) is 3.14. The molecule has 0 aromatic carbocycles. The van der Waals surface area contributed by atoms with Gasteiger partial charge in [-0.15, -0.1) is 0 Å². The number of rotatable bonds is 3. The lowest BCUT2D eigenvalue weighted by molar-refractivity contribution is 0.754. The first kappa shape index (κ1) is 10.4. The summed E-state index contributed by atoms with van der Waals surface area (Å²) in [6.45, 7) is 10.7. The van der Waals surface area contributed by atoms with E-state index in [4.69, 9.17) is 0 Å². The topological polar surface area (TPSA) is 12.4 Å². The highest BCUT2D eigenvalue weighted by Crippen LogP contribution is 2.13. The molecule has 1 heteroatoms. The van der Waals surface area contributed by atoms with Gasteiger partial charge in [-0.1, -0.05) is 20.8 Å². The third-order valence-electron chi connectivity index (χ3n) is 1.90. The molecule has 64 valence electrons. The zero-order chi connectivity index (χ0) is 8.85. The molecule has 0 N–H and O–H groups in total. The Labute approximate surface area is 70.2 Å². The van der Waals surface area contributed by atoms with Crippen molar-refractivity contribution >= 4 is 6.21 Å². The van der Waals surface area contributed by atoms with Crippen molar-refractivity contribution in [2.45, 2.75) is 41.0 Å². The number of nitrogens with zero attached hydrogens (tertiary/aromatic N) is 1. The normalized spacial score (nSPS) is 14.4. The van der Waals surface area contributed by atoms with E-state index in [1.165, 1.54) is 11.3 Å². The van der Waals surface area contributed by atoms with E-state index >= 15 is 0 Å². The monoisotopic (exact) mass is 153 g/mol. The Morgan fingerprint density at radius 1 is 1.36 bits per heavy atom. The van der Waals surface area contributed by atoms with E-state index in [0.717, 1.165) is 6.42 Å². The maximum Gasteiger partial charge on any atom is 0.0360 e. The Kier molecular flexibility index (Phi) is 4.84. The van der Waals surface area contributed by atoms with E-state index < -0.39 is 0 Å². The lowest BCUT2D eigenvalue weighted by Crippen LogP contribution is -1.91. The lowest BCUT2D eigenvalue weighted by atomic mass is 10.0. The molecule has 0 spiro atoms. The Bertz CT molecular complexity index is 164. The fourth-order valence-corrected chi connectivity index (χ4v) is 0.748. The van der Waals surface area contributed by atoms with Crippen molar-refractivity contribution in [2.24, 2.45) is 10.9 Å². The summed E-state index contributed by atoms with van der Waals surface area (Å²) in [5.41, 5.74) is 2.55. The van der Waals surface area contributed by atoms with E-state index in [9.17, 15) is 0 Å². The van der Waals surface area contributed by atoms with Crippen LogP contribution in [0.15, 0.2) is 16.3 Å². The van der Waals surface area contributed by atoms with Gasteiger partial charge in [-0.25, -0.2) is 0 Å². The van der Waals surface area contributed by atoms with Crippen LogP contribution in [-0.2, 0) is 0 Å². The fourth-order valence-electron chi connectivity index (χ4n) is 0.748. The third-order valence-corrected chi connectivity index (χ3v) is 1.90. The lowest BCUT2D eigenvalue weighted by Gasteiger charge is -2.06. The van der Waals surface area contributed by atoms with Gasteiger partial charge in [0.15, 0.2) is 0 Å². The van der Waals surface area contributed by atoms with Gasteiger partial charge in [-0.2, -0.15) is 0 Å². The molecule has 0 aromatic rings. The molecule has 0 amide bonds. The van der Waals surface area contributed by atoms with Crippen molar-refractivity contribution in [2.75, 3.05) is 0 Å². The standard InChI is InChI=1S/C10H19N/c1-6-7-11-10(5)9(4)8(2)3/h7-8H,6H2,1-5H3/b10-9+,11-7?. The summed E-state index contributed by atoms with van der Waals surface area (Å²) in [5.74, 6) is 0.615. The molecule has 0 aliphatic carbocycles. The zero-order valence-electron chi connectivity index (χ0n) is 8.31. The van der Waals surface area contributed by atoms with Crippen molar-refractivity contribution in [1.29, 1.82) is 0 Å². The smallest absolute Gasteiger partial charge is 0.0360 e. The Morgan fingerprint density at radius 3 is 2.27 bits per heavy atom. The molecule has 1 nitrogen and oxygen atoms in total. The van der Waals surface area contributed by atoms with Crippen LogP contribution in [0.2, 0.25) is 0 Å². The molecule has 0 aliphatic rings. The molecular weight excluding hydrogens is 134 g/mol. The predicted octanol–water partition coefficient (Wildman–Crippen LogP) is 3.42. The summed E-state index contributed by atoms with van der Waals surface area (Å²) in [7, 11) is 0. The molecule has 0 unspecified atom stereocenters. The van der Waals surface area contributed by atoms with Gasteiger partial charge >= 0.3 is 0 Å². The van der Waals surface area contributed by atoms with Crippen LogP contribution in [0.5, 0.6) is 0 Å². The van der Waals surface area contributed by atoms with Gasteiger partial charge < -0.3 is 0 Å². The van der Waals surface area contributed by atoms with Crippen molar-refractivity contribution in [3.05, 3.63) is 11.3 Å². The van der Waals surface area contributed by atoms with Crippen LogP contribution in [-0.4, -0.2) is 6.21 Å². The highest BCUT2D eigenvalue weighted by molar-refractivity contribution is 5.58. The first-order valence-electron chi connectivity index (χ1n) is 4.29. The predicted molar refractivity (Wildman–Crippen MR) is 52.0 cm³/mol. The molecule has 0 heterocycles. The molecule has 0 saturated carbocycles. The SMILES string of the molecule is CCC=N/C(C)=C(\C)C(C)C. The van der Waals surface area contributed by atoms with Crippen molar-refractivity contribution < 1.29 is 0 Å². The van der Waals surface area contributed by atoms with Crippen LogP contribution in [0.4, 0.5) is 0 Å². The first-order valence-corrected chi connectivity index (χ1v) is 4.29. The van der Waals surface area contributed by atoms with Gasteiger partial charge in [-0.3, -0.25) is 4.99 Å². The Morgan fingerprint density at radius 2 is 1.91 bits per heavy atom. The molecule has 0 rings (SSSR count). The van der Waals surface area contributed by atoms with Crippen LogP contribution in [0, 0.1) is 5.92 Å². The highest BCUT2D eigenvalue weighted by Gasteiger charge is 1.98. The molecule has 0 radical (unpaired) electrons. The van der Waals surface area contributed by atoms with E-state index in [2.05, 4.69) is 39.6 Å². The van der Waals surface area contributed by atoms with Gasteiger partial charge in [-0.05, 0) is 31.8 Å². The van der Waals surface area contributed by atoms with Crippen LogP contribution < -0.4 is 0 Å². The summed E-state index contributed by atoms with van der Waals surface area (Å²) in [6, 6.07) is 0. The zero-order valence-corrected chi connectivity index (χ0v) is 8.31. The summed E-state index contributed by atoms with van der Waals surface area (Å²) in [6.07, 6.45) is 2.98. The van der Waals surface area contributed by atoms with Crippen molar-refractivity contribution in [3.63, 3.8) is 0 Å². The van der Waals surface area contributed by atoms with Crippen molar-refractivity contribution in [3.8, 4) is 0 Å². The van der Waals surface area contributed by atoms with E-state index in [0.29, 0.717) is 5.92 Å². The van der Waals surface area contributed by atoms with Gasteiger partial charge in [0.05, 0.1) is 0 Å². The quantitative estimate of drug-likeness (QED) is 0.551. The maximum absolute atomic E-state index is 4.32. The Balaban J connectivity index is 4.27. The second-order valence-electron chi connectivity index (χ2n) is 3.14. The molecule has 11 heavy (non-hydrogen) atoms. The van der Waals surface area contributed by atoms with E-state index in [1.54, 1.807) is 0 Å². The van der Waals surface area contributed by atoms with Gasteiger partial charge in [0.2, 0.25) is 0 Å². The van der Waals surface area contributed by atoms with E-state index in [1.807, 2.05) is 6.21 Å². The summed E-state index contributed by atoms with van der Waals surface area (Å²) in [5, 5.41) is 0. The summed E-state index contributed by atoms with van der Waals surface area (Å²) in [4.78, 5) is 4.32. The minimum atomic E-state index is 0.615. The van der Waals surface area contributed by atoms with Crippen LogP contribution in [0.25, 0.3) is 0 Å². The third kappa shape index (κ3) is 3.97. The minimum absolute atomic E-state index is 0.615. The number of hydrogen-bond acceptors (Lipinski definition) is 1. The summed E-state index contributed by atoms with van der Waals surface area (Å²) >= 11 is 0.